The Kier molecular flexibility index (Phi) is 3.87. The maximum atomic E-state index is 5.68. The highest BCUT2D eigenvalue weighted by Gasteiger charge is 2.30. The lowest BCUT2D eigenvalue weighted by molar-refractivity contribution is 0.126. The van der Waals surface area contributed by atoms with E-state index in [9.17, 15) is 0 Å². The minimum Gasteiger partial charge on any atom is -0.329 e. The quantitative estimate of drug-likeness (QED) is 0.718. The molecule has 1 aliphatic heterocycles. The van der Waals surface area contributed by atoms with E-state index in [4.69, 9.17) is 5.73 Å². The molecule has 0 aromatic rings. The van der Waals surface area contributed by atoms with E-state index in [1.54, 1.807) is 0 Å². The Balaban J connectivity index is 2.47. The standard InChI is InChI=1S/C9H20N2S/c1-7(2)11(8(3)4-10)9-5-12-6-9/h7-9H,4-6,10H2,1-3H3. The van der Waals surface area contributed by atoms with Gasteiger partial charge in [-0.15, -0.1) is 0 Å². The van der Waals surface area contributed by atoms with Crippen molar-refractivity contribution in [2.24, 2.45) is 5.73 Å². The number of rotatable bonds is 4. The highest BCUT2D eigenvalue weighted by atomic mass is 32.2. The van der Waals surface area contributed by atoms with E-state index in [1.807, 2.05) is 11.8 Å². The number of hydrogen-bond donors (Lipinski definition) is 1. The average molecular weight is 188 g/mol. The molecule has 0 aliphatic carbocycles. The first kappa shape index (κ1) is 10.4. The number of nitrogens with zero attached hydrogens (tertiary/aromatic N) is 1. The molecular formula is C9H20N2S. The van der Waals surface area contributed by atoms with E-state index < -0.39 is 0 Å². The number of thioether (sulfide) groups is 1. The summed E-state index contributed by atoms with van der Waals surface area (Å²) in [4.78, 5) is 2.55. The van der Waals surface area contributed by atoms with Crippen molar-refractivity contribution in [3.63, 3.8) is 0 Å². The largest absolute Gasteiger partial charge is 0.329 e. The lowest BCUT2D eigenvalue weighted by Gasteiger charge is -2.43. The van der Waals surface area contributed by atoms with Crippen LogP contribution >= 0.6 is 11.8 Å². The predicted molar refractivity (Wildman–Crippen MR) is 56.6 cm³/mol. The van der Waals surface area contributed by atoms with Gasteiger partial charge in [0, 0.05) is 36.2 Å². The molecule has 0 radical (unpaired) electrons. The van der Waals surface area contributed by atoms with Gasteiger partial charge in [0.2, 0.25) is 0 Å². The van der Waals surface area contributed by atoms with Crippen LogP contribution in [0, 0.1) is 0 Å². The minimum absolute atomic E-state index is 0.538. The molecule has 2 N–H and O–H groups in total. The lowest BCUT2D eigenvalue weighted by Crippen LogP contribution is -2.54. The molecule has 1 fully saturated rings. The molecule has 0 aromatic carbocycles. The molecule has 1 unspecified atom stereocenters. The normalized spacial score (nSPS) is 21.5. The van der Waals surface area contributed by atoms with Crippen molar-refractivity contribution in [3.05, 3.63) is 0 Å². The molecule has 2 nitrogen and oxygen atoms in total. The van der Waals surface area contributed by atoms with Crippen molar-refractivity contribution in [1.29, 1.82) is 0 Å². The maximum Gasteiger partial charge on any atom is 0.0283 e. The summed E-state index contributed by atoms with van der Waals surface area (Å²) in [5, 5.41) is 0. The first-order valence-corrected chi connectivity index (χ1v) is 5.87. The first-order chi connectivity index (χ1) is 5.66. The second-order valence-electron chi connectivity index (χ2n) is 3.82. The third kappa shape index (κ3) is 2.15. The van der Waals surface area contributed by atoms with Crippen LogP contribution in [-0.2, 0) is 0 Å². The van der Waals surface area contributed by atoms with Gasteiger partial charge in [0.05, 0.1) is 0 Å². The molecule has 1 atom stereocenters. The van der Waals surface area contributed by atoms with Crippen molar-refractivity contribution >= 4 is 11.8 Å². The third-order valence-corrected chi connectivity index (χ3v) is 3.73. The summed E-state index contributed by atoms with van der Waals surface area (Å²) in [5.41, 5.74) is 5.68. The molecule has 72 valence electrons. The van der Waals surface area contributed by atoms with Gasteiger partial charge in [0.15, 0.2) is 0 Å². The topological polar surface area (TPSA) is 29.3 Å². The second kappa shape index (κ2) is 4.49. The van der Waals surface area contributed by atoms with Crippen molar-refractivity contribution < 1.29 is 0 Å². The Morgan fingerprint density at radius 1 is 1.42 bits per heavy atom. The summed E-state index contributed by atoms with van der Waals surface area (Å²) in [6.45, 7) is 7.52. The molecule has 0 bridgehead atoms. The molecule has 0 amide bonds. The van der Waals surface area contributed by atoms with Gasteiger partial charge < -0.3 is 5.73 Å². The highest BCUT2D eigenvalue weighted by Crippen LogP contribution is 2.26. The Hall–Kier alpha value is 0.270. The van der Waals surface area contributed by atoms with Gasteiger partial charge in [0.1, 0.15) is 0 Å². The Morgan fingerprint density at radius 3 is 2.25 bits per heavy atom. The zero-order chi connectivity index (χ0) is 9.14. The Labute approximate surface area is 79.9 Å². The van der Waals surface area contributed by atoms with Crippen LogP contribution in [0.2, 0.25) is 0 Å². The summed E-state index contributed by atoms with van der Waals surface area (Å²) in [7, 11) is 0. The van der Waals surface area contributed by atoms with Crippen LogP contribution in [0.15, 0.2) is 0 Å². The highest BCUT2D eigenvalue weighted by molar-refractivity contribution is 8.00. The number of hydrogen-bond acceptors (Lipinski definition) is 3. The van der Waals surface area contributed by atoms with E-state index in [0.717, 1.165) is 12.6 Å². The molecule has 0 aromatic heterocycles. The van der Waals surface area contributed by atoms with Crippen LogP contribution in [0.3, 0.4) is 0 Å². The molecule has 1 rings (SSSR count). The predicted octanol–water partition coefficient (Wildman–Crippen LogP) is 1.16. The van der Waals surface area contributed by atoms with Gasteiger partial charge in [0.25, 0.3) is 0 Å². The van der Waals surface area contributed by atoms with Crippen LogP contribution in [0.4, 0.5) is 0 Å². The smallest absolute Gasteiger partial charge is 0.0283 e. The summed E-state index contributed by atoms with van der Waals surface area (Å²) < 4.78 is 0. The van der Waals surface area contributed by atoms with Gasteiger partial charge in [-0.05, 0) is 20.8 Å². The maximum absolute atomic E-state index is 5.68. The van der Waals surface area contributed by atoms with Crippen LogP contribution in [0.5, 0.6) is 0 Å². The fourth-order valence-corrected chi connectivity index (χ4v) is 2.60. The Morgan fingerprint density at radius 2 is 2.00 bits per heavy atom. The van der Waals surface area contributed by atoms with Crippen molar-refractivity contribution in [3.8, 4) is 0 Å². The van der Waals surface area contributed by atoms with Crippen molar-refractivity contribution in [2.45, 2.75) is 38.9 Å². The lowest BCUT2D eigenvalue weighted by atomic mass is 10.1. The molecule has 0 spiro atoms. The summed E-state index contributed by atoms with van der Waals surface area (Å²) >= 11 is 2.04. The molecule has 1 saturated heterocycles. The SMILES string of the molecule is CC(C)N(C(C)CN)C1CSC1. The van der Waals surface area contributed by atoms with Crippen LogP contribution in [0.1, 0.15) is 20.8 Å². The van der Waals surface area contributed by atoms with Gasteiger partial charge in [-0.1, -0.05) is 0 Å². The van der Waals surface area contributed by atoms with Crippen molar-refractivity contribution in [1.82, 2.24) is 4.90 Å². The fraction of sp³-hybridized carbons (Fsp3) is 1.00. The summed E-state index contributed by atoms with van der Waals surface area (Å²) in [6.07, 6.45) is 0. The molecule has 3 heteroatoms. The first-order valence-electron chi connectivity index (χ1n) is 4.72. The van der Waals surface area contributed by atoms with Crippen LogP contribution in [-0.4, -0.2) is 41.1 Å². The molecular weight excluding hydrogens is 168 g/mol. The van der Waals surface area contributed by atoms with Gasteiger partial charge in [-0.25, -0.2) is 0 Å². The third-order valence-electron chi connectivity index (χ3n) is 2.49. The van der Waals surface area contributed by atoms with Gasteiger partial charge in [-0.3, -0.25) is 4.90 Å². The van der Waals surface area contributed by atoms with Crippen LogP contribution < -0.4 is 5.73 Å². The summed E-state index contributed by atoms with van der Waals surface area (Å²) in [6, 6.07) is 1.96. The van der Waals surface area contributed by atoms with E-state index in [0.29, 0.717) is 12.1 Å². The van der Waals surface area contributed by atoms with Gasteiger partial charge in [-0.2, -0.15) is 11.8 Å². The minimum atomic E-state index is 0.538. The van der Waals surface area contributed by atoms with Gasteiger partial charge >= 0.3 is 0 Å². The zero-order valence-corrected chi connectivity index (χ0v) is 9.10. The summed E-state index contributed by atoms with van der Waals surface area (Å²) in [5.74, 6) is 2.59. The van der Waals surface area contributed by atoms with E-state index in [2.05, 4.69) is 25.7 Å². The average Bonchev–Trinajstić information content (AvgIpc) is 1.94. The molecule has 12 heavy (non-hydrogen) atoms. The zero-order valence-electron chi connectivity index (χ0n) is 8.29. The van der Waals surface area contributed by atoms with Crippen molar-refractivity contribution in [2.75, 3.05) is 18.1 Å². The number of nitrogens with two attached hydrogens (primary N) is 1. The second-order valence-corrected chi connectivity index (χ2v) is 4.89. The molecule has 0 saturated carbocycles. The van der Waals surface area contributed by atoms with E-state index in [-0.39, 0.29) is 0 Å². The molecule has 1 aliphatic rings. The van der Waals surface area contributed by atoms with E-state index in [1.165, 1.54) is 11.5 Å². The fourth-order valence-electron chi connectivity index (χ4n) is 1.81. The monoisotopic (exact) mass is 188 g/mol. The molecule has 1 heterocycles. The van der Waals surface area contributed by atoms with Crippen LogP contribution in [0.25, 0.3) is 0 Å². The Bertz CT molecular complexity index is 130. The van der Waals surface area contributed by atoms with E-state index >= 15 is 0 Å².